The molecule has 2 aromatic rings. The van der Waals surface area contributed by atoms with Gasteiger partial charge in [-0.1, -0.05) is 12.1 Å². The first-order chi connectivity index (χ1) is 15.8. The standard InChI is InChI=1S/C27H33F2NO3/c1-27(29,26(31)32)25(19-10-11-19)20-4-3-5-21(14-20)30-16-17-6-8-18(9-7-17)23-15-22(33-2)12-13-24(23)28/h3-5,12-15,17-19,25,30H,6-11,16H2,1-2H3,(H,31,32). The molecule has 0 spiro atoms. The van der Waals surface area contributed by atoms with E-state index in [1.165, 1.54) is 13.0 Å². The molecule has 0 bridgehead atoms. The Labute approximate surface area is 194 Å². The zero-order chi connectivity index (χ0) is 23.6. The van der Waals surface area contributed by atoms with Gasteiger partial charge in [0, 0.05) is 18.2 Å². The molecule has 0 aliphatic heterocycles. The lowest BCUT2D eigenvalue weighted by atomic mass is 9.78. The highest BCUT2D eigenvalue weighted by Gasteiger charge is 2.50. The number of anilines is 1. The normalized spacial score (nSPS) is 23.4. The van der Waals surface area contributed by atoms with E-state index in [1.807, 2.05) is 30.3 Å². The molecule has 178 valence electrons. The van der Waals surface area contributed by atoms with E-state index in [4.69, 9.17) is 4.74 Å². The van der Waals surface area contributed by atoms with Gasteiger partial charge in [0.2, 0.25) is 5.67 Å². The number of hydrogen-bond acceptors (Lipinski definition) is 3. The zero-order valence-electron chi connectivity index (χ0n) is 19.3. The van der Waals surface area contributed by atoms with Gasteiger partial charge < -0.3 is 15.2 Å². The Morgan fingerprint density at radius 3 is 2.52 bits per heavy atom. The molecule has 2 aliphatic carbocycles. The summed E-state index contributed by atoms with van der Waals surface area (Å²) in [5.74, 6) is -0.751. The summed E-state index contributed by atoms with van der Waals surface area (Å²) >= 11 is 0. The summed E-state index contributed by atoms with van der Waals surface area (Å²) in [6, 6.07) is 12.5. The van der Waals surface area contributed by atoms with Crippen molar-refractivity contribution in [2.24, 2.45) is 11.8 Å². The maximum absolute atomic E-state index is 15.1. The van der Waals surface area contributed by atoms with E-state index in [0.717, 1.165) is 61.9 Å². The number of benzene rings is 2. The van der Waals surface area contributed by atoms with Crippen LogP contribution in [0.3, 0.4) is 0 Å². The SMILES string of the molecule is COc1ccc(F)c(C2CCC(CNc3cccc(C(C4CC4)C(C)(F)C(=O)O)c3)CC2)c1. The Hall–Kier alpha value is -2.63. The topological polar surface area (TPSA) is 58.6 Å². The minimum absolute atomic E-state index is 0.0821. The van der Waals surface area contributed by atoms with Crippen LogP contribution < -0.4 is 10.1 Å². The summed E-state index contributed by atoms with van der Waals surface area (Å²) in [6.07, 6.45) is 5.59. The van der Waals surface area contributed by atoms with Crippen molar-refractivity contribution < 1.29 is 23.4 Å². The first-order valence-corrected chi connectivity index (χ1v) is 11.9. The van der Waals surface area contributed by atoms with Crippen LogP contribution in [0.25, 0.3) is 0 Å². The zero-order valence-corrected chi connectivity index (χ0v) is 19.3. The third-order valence-corrected chi connectivity index (χ3v) is 7.43. The van der Waals surface area contributed by atoms with Crippen LogP contribution in [0.4, 0.5) is 14.5 Å². The summed E-state index contributed by atoms with van der Waals surface area (Å²) in [5, 5.41) is 12.9. The molecule has 2 aromatic carbocycles. The fourth-order valence-corrected chi connectivity index (χ4v) is 5.33. The smallest absolute Gasteiger partial charge is 0.341 e. The number of nitrogens with one attached hydrogen (secondary N) is 1. The summed E-state index contributed by atoms with van der Waals surface area (Å²) in [6.45, 7) is 1.97. The van der Waals surface area contributed by atoms with Crippen LogP contribution in [-0.4, -0.2) is 30.4 Å². The number of rotatable bonds is 9. The van der Waals surface area contributed by atoms with Gasteiger partial charge in [0.1, 0.15) is 11.6 Å². The van der Waals surface area contributed by atoms with Crippen molar-refractivity contribution in [1.82, 2.24) is 0 Å². The minimum Gasteiger partial charge on any atom is -0.497 e. The first-order valence-electron chi connectivity index (χ1n) is 11.9. The number of ether oxygens (including phenoxy) is 1. The molecular weight excluding hydrogens is 424 g/mol. The van der Waals surface area contributed by atoms with Crippen molar-refractivity contribution >= 4 is 11.7 Å². The molecule has 2 unspecified atom stereocenters. The number of carbonyl (C=O) groups is 1. The lowest BCUT2D eigenvalue weighted by Gasteiger charge is -2.30. The molecular formula is C27H33F2NO3. The molecule has 4 nitrogen and oxygen atoms in total. The average molecular weight is 458 g/mol. The molecule has 0 saturated heterocycles. The lowest BCUT2D eigenvalue weighted by molar-refractivity contribution is -0.151. The van der Waals surface area contributed by atoms with Gasteiger partial charge in [-0.3, -0.25) is 0 Å². The van der Waals surface area contributed by atoms with Crippen LogP contribution >= 0.6 is 0 Å². The maximum Gasteiger partial charge on any atom is 0.341 e. The second kappa shape index (κ2) is 9.70. The van der Waals surface area contributed by atoms with E-state index in [2.05, 4.69) is 5.32 Å². The quantitative estimate of drug-likeness (QED) is 0.450. The van der Waals surface area contributed by atoms with Gasteiger partial charge in [-0.25, -0.2) is 13.6 Å². The maximum atomic E-state index is 15.1. The van der Waals surface area contributed by atoms with Crippen molar-refractivity contribution in [2.75, 3.05) is 19.0 Å². The summed E-state index contributed by atoms with van der Waals surface area (Å²) < 4.78 is 34.6. The molecule has 2 saturated carbocycles. The van der Waals surface area contributed by atoms with Crippen molar-refractivity contribution in [3.63, 3.8) is 0 Å². The predicted octanol–water partition coefficient (Wildman–Crippen LogP) is 6.53. The monoisotopic (exact) mass is 457 g/mol. The van der Waals surface area contributed by atoms with Crippen molar-refractivity contribution in [3.05, 3.63) is 59.4 Å². The Morgan fingerprint density at radius 2 is 1.88 bits per heavy atom. The summed E-state index contributed by atoms with van der Waals surface area (Å²) in [7, 11) is 1.59. The highest BCUT2D eigenvalue weighted by Crippen LogP contribution is 2.50. The molecule has 2 aliphatic rings. The van der Waals surface area contributed by atoms with Crippen molar-refractivity contribution in [1.29, 1.82) is 0 Å². The van der Waals surface area contributed by atoms with E-state index < -0.39 is 17.6 Å². The Balaban J connectivity index is 1.36. The minimum atomic E-state index is -2.28. The predicted molar refractivity (Wildman–Crippen MR) is 125 cm³/mol. The molecule has 33 heavy (non-hydrogen) atoms. The number of methoxy groups -OCH3 is 1. The van der Waals surface area contributed by atoms with Crippen LogP contribution in [0.2, 0.25) is 0 Å². The molecule has 0 heterocycles. The van der Waals surface area contributed by atoms with Gasteiger partial charge in [0.05, 0.1) is 7.11 Å². The van der Waals surface area contributed by atoms with Crippen molar-refractivity contribution in [3.8, 4) is 5.75 Å². The van der Waals surface area contributed by atoms with Crippen LogP contribution in [0.1, 0.15) is 68.4 Å². The van der Waals surface area contributed by atoms with Crippen LogP contribution in [0.15, 0.2) is 42.5 Å². The molecule has 0 amide bonds. The van der Waals surface area contributed by atoms with Crippen molar-refractivity contribution in [2.45, 2.75) is 63.0 Å². The highest BCUT2D eigenvalue weighted by molar-refractivity contribution is 5.78. The molecule has 0 aromatic heterocycles. The van der Waals surface area contributed by atoms with Gasteiger partial charge in [0.15, 0.2) is 0 Å². The van der Waals surface area contributed by atoms with E-state index in [-0.39, 0.29) is 17.7 Å². The Kier molecular flexibility index (Phi) is 6.91. The molecule has 2 atom stereocenters. The third-order valence-electron chi connectivity index (χ3n) is 7.43. The first kappa shape index (κ1) is 23.5. The molecule has 6 heteroatoms. The summed E-state index contributed by atoms with van der Waals surface area (Å²) in [5.41, 5.74) is 0.0906. The van der Waals surface area contributed by atoms with Gasteiger partial charge >= 0.3 is 5.97 Å². The van der Waals surface area contributed by atoms with Crippen LogP contribution in [-0.2, 0) is 4.79 Å². The Bertz CT molecular complexity index is 981. The number of hydrogen-bond donors (Lipinski definition) is 2. The van der Waals surface area contributed by atoms with E-state index >= 15 is 4.39 Å². The van der Waals surface area contributed by atoms with E-state index in [9.17, 15) is 14.3 Å². The van der Waals surface area contributed by atoms with Crippen LogP contribution in [0.5, 0.6) is 5.75 Å². The fourth-order valence-electron chi connectivity index (χ4n) is 5.33. The molecule has 4 rings (SSSR count). The number of aliphatic carboxylic acids is 1. The van der Waals surface area contributed by atoms with Crippen LogP contribution in [0, 0.1) is 17.7 Å². The Morgan fingerprint density at radius 1 is 1.15 bits per heavy atom. The van der Waals surface area contributed by atoms with E-state index in [0.29, 0.717) is 11.7 Å². The van der Waals surface area contributed by atoms with Gasteiger partial charge in [-0.15, -0.1) is 0 Å². The van der Waals surface area contributed by atoms with Gasteiger partial charge in [-0.05, 0) is 105 Å². The lowest BCUT2D eigenvalue weighted by Crippen LogP contribution is -2.38. The number of carboxylic acids is 1. The number of carboxylic acid groups (broad SMARTS) is 1. The fraction of sp³-hybridized carbons (Fsp3) is 0.519. The molecule has 2 N–H and O–H groups in total. The second-order valence-corrected chi connectivity index (χ2v) is 9.81. The average Bonchev–Trinajstić information content (AvgIpc) is 3.63. The second-order valence-electron chi connectivity index (χ2n) is 9.81. The largest absolute Gasteiger partial charge is 0.497 e. The number of alkyl halides is 1. The third kappa shape index (κ3) is 5.31. The molecule has 0 radical (unpaired) electrons. The van der Waals surface area contributed by atoms with E-state index in [1.54, 1.807) is 13.2 Å². The number of halogens is 2. The summed E-state index contributed by atoms with van der Waals surface area (Å²) in [4.78, 5) is 11.5. The molecule has 2 fully saturated rings. The van der Waals surface area contributed by atoms with Gasteiger partial charge in [0.25, 0.3) is 0 Å². The highest BCUT2D eigenvalue weighted by atomic mass is 19.1. The van der Waals surface area contributed by atoms with Gasteiger partial charge in [-0.2, -0.15) is 0 Å².